The molecule has 12 heteroatoms. The standard InChI is InChI=1S/C25H22F4N6OS/c1-3-19(26)21-15(17(9-30)22(31)37-21)6-12-7-20-16(8-18(12)25(27,28)29)23(34-24(33-20)36-2)35-10-13-4-5-14(11-35)32-13/h3,6-8,13-14,32H,1,4-5,10-11,31H2,2H3/b15-6+,21-19-. The molecule has 0 aliphatic carbocycles. The second-order valence-electron chi connectivity index (χ2n) is 8.92. The zero-order chi connectivity index (χ0) is 26.5. The van der Waals surface area contributed by atoms with Gasteiger partial charge in [-0.3, -0.25) is 0 Å². The number of nitrogens with zero attached hydrogens (tertiary/aromatic N) is 4. The number of hydrogen-bond acceptors (Lipinski definition) is 8. The number of hydrogen-bond donors (Lipinski definition) is 2. The molecule has 7 nitrogen and oxygen atoms in total. The number of nitrogens with two attached hydrogens (primary N) is 1. The minimum absolute atomic E-state index is 0.00489. The van der Waals surface area contributed by atoms with Crippen molar-refractivity contribution in [2.75, 3.05) is 30.8 Å². The summed E-state index contributed by atoms with van der Waals surface area (Å²) in [5, 5.41) is 13.2. The molecule has 0 saturated carbocycles. The van der Waals surface area contributed by atoms with Gasteiger partial charge in [-0.1, -0.05) is 6.58 Å². The molecule has 2 aliphatic heterocycles. The van der Waals surface area contributed by atoms with E-state index in [1.807, 2.05) is 11.0 Å². The predicted octanol–water partition coefficient (Wildman–Crippen LogP) is 3.21. The van der Waals surface area contributed by atoms with Crippen LogP contribution in [0.2, 0.25) is 0 Å². The number of piperazine rings is 1. The molecule has 3 N–H and O–H groups in total. The number of ether oxygens (including phenoxy) is 1. The maximum atomic E-state index is 14.5. The highest BCUT2D eigenvalue weighted by atomic mass is 32.1. The molecule has 2 fully saturated rings. The van der Waals surface area contributed by atoms with Crippen molar-refractivity contribution in [3.63, 3.8) is 0 Å². The molecule has 2 atom stereocenters. The van der Waals surface area contributed by atoms with Gasteiger partial charge in [-0.2, -0.15) is 28.4 Å². The van der Waals surface area contributed by atoms with Gasteiger partial charge < -0.3 is 20.7 Å². The Morgan fingerprint density at radius 1 is 1.30 bits per heavy atom. The average Bonchev–Trinajstić information content (AvgIpc) is 3.38. The smallest absolute Gasteiger partial charge is 0.417 e. The van der Waals surface area contributed by atoms with Crippen LogP contribution in [0, 0.1) is 11.3 Å². The normalized spacial score (nSPS) is 20.8. The first-order valence-electron chi connectivity index (χ1n) is 11.4. The summed E-state index contributed by atoms with van der Waals surface area (Å²) < 4.78 is 62.8. The SMILES string of the molecule is C=C/C(F)=c1/sc(N)c(C#N)/c1=C\c1cc2nc(OC)nc(N3CC4CCC(C3)N4)c2cc1C(F)(F)F. The molecule has 0 radical (unpaired) electrons. The van der Waals surface area contributed by atoms with Gasteiger partial charge in [0.05, 0.1) is 28.3 Å². The molecule has 0 amide bonds. The number of anilines is 2. The van der Waals surface area contributed by atoms with Crippen molar-refractivity contribution in [1.29, 1.82) is 5.26 Å². The minimum atomic E-state index is -4.76. The third-order valence-corrected chi connectivity index (χ3v) is 7.65. The van der Waals surface area contributed by atoms with Crippen LogP contribution in [0.25, 0.3) is 22.8 Å². The summed E-state index contributed by atoms with van der Waals surface area (Å²) in [5.74, 6) is -0.431. The second-order valence-corrected chi connectivity index (χ2v) is 9.98. The fourth-order valence-corrected chi connectivity index (χ4v) is 5.89. The first-order chi connectivity index (χ1) is 17.6. The lowest BCUT2D eigenvalue weighted by atomic mass is 10.0. The highest BCUT2D eigenvalue weighted by molar-refractivity contribution is 7.14. The molecular formula is C25H22F4N6OS. The fourth-order valence-electron chi connectivity index (χ4n) is 4.96. The molecule has 2 bridgehead atoms. The monoisotopic (exact) mass is 530 g/mol. The van der Waals surface area contributed by atoms with E-state index in [4.69, 9.17) is 10.5 Å². The van der Waals surface area contributed by atoms with E-state index in [9.17, 15) is 22.8 Å². The number of methoxy groups -OCH3 is 1. The van der Waals surface area contributed by atoms with Crippen LogP contribution in [0.1, 0.15) is 29.5 Å². The Kier molecular flexibility index (Phi) is 6.29. The highest BCUT2D eigenvalue weighted by Gasteiger charge is 2.36. The van der Waals surface area contributed by atoms with Gasteiger partial charge in [0.15, 0.2) is 0 Å². The molecule has 37 heavy (non-hydrogen) atoms. The largest absolute Gasteiger partial charge is 0.467 e. The molecule has 2 aliphatic rings. The number of rotatable bonds is 4. The highest BCUT2D eigenvalue weighted by Crippen LogP contribution is 2.38. The van der Waals surface area contributed by atoms with E-state index in [2.05, 4.69) is 21.9 Å². The van der Waals surface area contributed by atoms with Crippen LogP contribution in [0.5, 0.6) is 6.01 Å². The van der Waals surface area contributed by atoms with E-state index < -0.39 is 17.6 Å². The molecule has 3 aromatic rings. The molecular weight excluding hydrogens is 508 g/mol. The summed E-state index contributed by atoms with van der Waals surface area (Å²) >= 11 is 0.769. The number of thiophene rings is 1. The Morgan fingerprint density at radius 3 is 2.59 bits per heavy atom. The number of fused-ring (bicyclic) bond motifs is 3. The summed E-state index contributed by atoms with van der Waals surface area (Å²) in [5.41, 5.74) is 4.73. The van der Waals surface area contributed by atoms with Crippen molar-refractivity contribution < 1.29 is 22.3 Å². The topological polar surface area (TPSA) is 100 Å². The number of benzene rings is 1. The Hall–Kier alpha value is -3.69. The number of nitrogen functional groups attached to an aromatic ring is 1. The maximum Gasteiger partial charge on any atom is 0.417 e. The van der Waals surface area contributed by atoms with Gasteiger partial charge >= 0.3 is 12.2 Å². The number of aromatic nitrogens is 2. The molecule has 2 saturated heterocycles. The third-order valence-electron chi connectivity index (χ3n) is 6.61. The van der Waals surface area contributed by atoms with Crippen LogP contribution in [-0.2, 0) is 6.18 Å². The van der Waals surface area contributed by atoms with E-state index in [-0.39, 0.29) is 54.9 Å². The van der Waals surface area contributed by atoms with Crippen LogP contribution >= 0.6 is 11.3 Å². The molecule has 0 spiro atoms. The minimum Gasteiger partial charge on any atom is -0.467 e. The first-order valence-corrected chi connectivity index (χ1v) is 12.2. The van der Waals surface area contributed by atoms with Crippen LogP contribution in [0.3, 0.4) is 0 Å². The molecule has 4 heterocycles. The maximum absolute atomic E-state index is 14.5. The number of nitrogens with one attached hydrogen (secondary N) is 1. The third kappa shape index (κ3) is 4.49. The molecule has 2 unspecified atom stereocenters. The van der Waals surface area contributed by atoms with Gasteiger partial charge in [-0.15, -0.1) is 11.3 Å². The van der Waals surface area contributed by atoms with Crippen molar-refractivity contribution in [1.82, 2.24) is 15.3 Å². The quantitative estimate of drug-likeness (QED) is 0.500. The summed E-state index contributed by atoms with van der Waals surface area (Å²) in [6.07, 6.45) is -0.750. The van der Waals surface area contributed by atoms with E-state index in [1.165, 1.54) is 13.2 Å². The van der Waals surface area contributed by atoms with E-state index >= 15 is 0 Å². The second kappa shape index (κ2) is 9.32. The first kappa shape index (κ1) is 25.0. The predicted molar refractivity (Wildman–Crippen MR) is 134 cm³/mol. The zero-order valence-electron chi connectivity index (χ0n) is 19.7. The van der Waals surface area contributed by atoms with Gasteiger partial charge in [0.25, 0.3) is 0 Å². The number of allylic oxidation sites excluding steroid dienone is 1. The molecule has 192 valence electrons. The Labute approximate surface area is 213 Å². The van der Waals surface area contributed by atoms with Crippen molar-refractivity contribution in [3.05, 3.63) is 51.2 Å². The lowest BCUT2D eigenvalue weighted by Gasteiger charge is -2.34. The summed E-state index contributed by atoms with van der Waals surface area (Å²) in [6, 6.07) is 4.60. The van der Waals surface area contributed by atoms with Crippen LogP contribution in [0.4, 0.5) is 28.4 Å². The van der Waals surface area contributed by atoms with Crippen molar-refractivity contribution in [3.8, 4) is 12.1 Å². The lowest BCUT2D eigenvalue weighted by Crippen LogP contribution is -2.51. The van der Waals surface area contributed by atoms with Crippen LogP contribution < -0.4 is 30.4 Å². The van der Waals surface area contributed by atoms with Crippen molar-refractivity contribution in [2.45, 2.75) is 31.1 Å². The van der Waals surface area contributed by atoms with Crippen LogP contribution in [-0.4, -0.2) is 42.3 Å². The number of halogens is 4. The number of nitriles is 1. The Balaban J connectivity index is 1.81. The lowest BCUT2D eigenvalue weighted by molar-refractivity contribution is -0.137. The number of alkyl halides is 3. The molecule has 5 rings (SSSR count). The zero-order valence-corrected chi connectivity index (χ0v) is 20.5. The van der Waals surface area contributed by atoms with Gasteiger partial charge in [0, 0.05) is 35.8 Å². The summed E-state index contributed by atoms with van der Waals surface area (Å²) in [4.78, 5) is 10.7. The van der Waals surface area contributed by atoms with E-state index in [0.29, 0.717) is 18.9 Å². The Morgan fingerprint density at radius 2 is 2.00 bits per heavy atom. The molecule has 1 aromatic carbocycles. The van der Waals surface area contributed by atoms with Crippen molar-refractivity contribution >= 4 is 45.0 Å². The fraction of sp³-hybridized carbons (Fsp3) is 0.320. The van der Waals surface area contributed by atoms with Gasteiger partial charge in [-0.05, 0) is 42.7 Å². The van der Waals surface area contributed by atoms with Crippen molar-refractivity contribution in [2.24, 2.45) is 0 Å². The summed E-state index contributed by atoms with van der Waals surface area (Å²) in [7, 11) is 1.39. The van der Waals surface area contributed by atoms with E-state index in [0.717, 1.165) is 42.4 Å². The molecule has 2 aromatic heterocycles. The van der Waals surface area contributed by atoms with Crippen LogP contribution in [0.15, 0.2) is 24.8 Å². The van der Waals surface area contributed by atoms with E-state index in [1.54, 1.807) is 0 Å². The van der Waals surface area contributed by atoms with Gasteiger partial charge in [-0.25, -0.2) is 4.39 Å². The van der Waals surface area contributed by atoms with Gasteiger partial charge in [0.2, 0.25) is 0 Å². The summed E-state index contributed by atoms with van der Waals surface area (Å²) in [6.45, 7) is 4.57. The Bertz CT molecular complexity index is 1560. The average molecular weight is 531 g/mol. The van der Waals surface area contributed by atoms with Gasteiger partial charge in [0.1, 0.15) is 22.7 Å².